The van der Waals surface area contributed by atoms with Crippen LogP contribution in [0.2, 0.25) is 0 Å². The molecule has 2 heterocycles. The fraction of sp³-hybridized carbons (Fsp3) is 0.304. The van der Waals surface area contributed by atoms with Gasteiger partial charge in [-0.05, 0) is 39.0 Å². The second kappa shape index (κ2) is 9.37. The molecule has 0 saturated carbocycles. The Labute approximate surface area is 203 Å². The van der Waals surface area contributed by atoms with Crippen molar-refractivity contribution in [1.29, 1.82) is 0 Å². The van der Waals surface area contributed by atoms with Crippen molar-refractivity contribution in [1.82, 2.24) is 14.9 Å². The van der Waals surface area contributed by atoms with Gasteiger partial charge in [0.25, 0.3) is 10.0 Å². The molecule has 0 amide bonds. The molecular formula is C23H27N5O6S. The molecule has 2 aromatic carbocycles. The minimum Gasteiger partial charge on any atom is -0.495 e. The van der Waals surface area contributed by atoms with E-state index in [2.05, 4.69) is 20.3 Å². The van der Waals surface area contributed by atoms with Crippen LogP contribution in [0.3, 0.4) is 0 Å². The van der Waals surface area contributed by atoms with Gasteiger partial charge in [-0.15, -0.1) is 0 Å². The van der Waals surface area contributed by atoms with E-state index < -0.39 is 10.0 Å². The van der Waals surface area contributed by atoms with Crippen LogP contribution in [0.1, 0.15) is 25.6 Å². The summed E-state index contributed by atoms with van der Waals surface area (Å²) in [5.41, 5.74) is 1.83. The van der Waals surface area contributed by atoms with Crippen LogP contribution in [-0.4, -0.2) is 44.7 Å². The molecule has 0 saturated heterocycles. The van der Waals surface area contributed by atoms with Crippen LogP contribution in [0.15, 0.2) is 45.8 Å². The average molecular weight is 502 g/mol. The molecular weight excluding hydrogens is 474 g/mol. The van der Waals surface area contributed by atoms with Crippen LogP contribution in [0.4, 0.5) is 17.3 Å². The molecule has 0 radical (unpaired) electrons. The molecule has 0 aliphatic rings. The van der Waals surface area contributed by atoms with Gasteiger partial charge >= 0.3 is 0 Å². The van der Waals surface area contributed by atoms with Gasteiger partial charge < -0.3 is 24.1 Å². The topological polar surface area (TPSA) is 130 Å². The third-order valence-corrected chi connectivity index (χ3v) is 6.69. The van der Waals surface area contributed by atoms with Gasteiger partial charge in [0.15, 0.2) is 16.3 Å². The van der Waals surface area contributed by atoms with Crippen molar-refractivity contribution in [2.24, 2.45) is 0 Å². The summed E-state index contributed by atoms with van der Waals surface area (Å²) >= 11 is 0. The van der Waals surface area contributed by atoms with E-state index in [0.29, 0.717) is 22.4 Å². The first-order chi connectivity index (χ1) is 16.7. The van der Waals surface area contributed by atoms with E-state index in [4.69, 9.17) is 18.7 Å². The number of benzene rings is 2. The van der Waals surface area contributed by atoms with Crippen molar-refractivity contribution in [3.63, 3.8) is 0 Å². The Morgan fingerprint density at radius 3 is 2.26 bits per heavy atom. The van der Waals surface area contributed by atoms with Crippen LogP contribution in [0, 0.1) is 6.92 Å². The van der Waals surface area contributed by atoms with Crippen molar-refractivity contribution in [2.45, 2.75) is 31.7 Å². The highest BCUT2D eigenvalue weighted by Gasteiger charge is 2.27. The summed E-state index contributed by atoms with van der Waals surface area (Å²) in [5.74, 6) is 1.50. The smallest absolute Gasteiger partial charge is 0.270 e. The zero-order valence-electron chi connectivity index (χ0n) is 20.2. The Balaban J connectivity index is 1.73. The number of hydrogen-bond donors (Lipinski definition) is 2. The van der Waals surface area contributed by atoms with E-state index in [0.717, 1.165) is 11.5 Å². The second-order valence-electron chi connectivity index (χ2n) is 8.01. The number of methoxy groups -OCH3 is 3. The lowest BCUT2D eigenvalue weighted by molar-refractivity contribution is 0.373. The Kier molecular flexibility index (Phi) is 6.48. The quantitative estimate of drug-likeness (QED) is 0.341. The monoisotopic (exact) mass is 501 g/mol. The van der Waals surface area contributed by atoms with Crippen molar-refractivity contribution in [3.05, 3.63) is 42.1 Å². The molecule has 0 spiro atoms. The van der Waals surface area contributed by atoms with E-state index in [1.807, 2.05) is 31.5 Å². The molecule has 0 atom stereocenters. The molecule has 4 aromatic rings. The van der Waals surface area contributed by atoms with E-state index in [9.17, 15) is 8.42 Å². The van der Waals surface area contributed by atoms with Gasteiger partial charge in [0.1, 0.15) is 23.1 Å². The average Bonchev–Trinajstić information content (AvgIpc) is 3.39. The van der Waals surface area contributed by atoms with Gasteiger partial charge in [-0.1, -0.05) is 11.2 Å². The number of fused-ring (bicyclic) bond motifs is 1. The summed E-state index contributed by atoms with van der Waals surface area (Å²) in [4.78, 5) is -0.149. The first kappa shape index (κ1) is 24.2. The molecule has 4 rings (SSSR count). The van der Waals surface area contributed by atoms with E-state index in [1.54, 1.807) is 18.2 Å². The number of sulfonamides is 1. The van der Waals surface area contributed by atoms with Crippen LogP contribution in [-0.2, 0) is 10.0 Å². The molecule has 0 unspecified atom stereocenters. The number of hydrogen-bond acceptors (Lipinski definition) is 9. The van der Waals surface area contributed by atoms with Gasteiger partial charge in [-0.25, -0.2) is 13.1 Å². The Hall–Kier alpha value is -3.93. The molecule has 0 aliphatic carbocycles. The summed E-state index contributed by atoms with van der Waals surface area (Å²) in [5, 5.41) is 12.2. The highest BCUT2D eigenvalue weighted by atomic mass is 32.2. The summed E-state index contributed by atoms with van der Waals surface area (Å²) in [6.07, 6.45) is 0. The number of aryl methyl sites for hydroxylation is 1. The number of nitrogens with one attached hydrogen (secondary N) is 2. The van der Waals surface area contributed by atoms with Gasteiger partial charge in [-0.2, -0.15) is 5.10 Å². The number of rotatable bonds is 9. The fourth-order valence-electron chi connectivity index (χ4n) is 3.71. The second-order valence-corrected chi connectivity index (χ2v) is 9.63. The van der Waals surface area contributed by atoms with Crippen molar-refractivity contribution < 1.29 is 27.2 Å². The lowest BCUT2D eigenvalue weighted by Crippen LogP contribution is -2.15. The maximum atomic E-state index is 13.3. The predicted molar refractivity (Wildman–Crippen MR) is 132 cm³/mol. The summed E-state index contributed by atoms with van der Waals surface area (Å²) in [7, 11) is 0.142. The summed E-state index contributed by atoms with van der Waals surface area (Å²) < 4.78 is 52.4. The fourth-order valence-corrected chi connectivity index (χ4v) is 5.04. The summed E-state index contributed by atoms with van der Waals surface area (Å²) in [6, 6.07) is 10.1. The molecule has 35 heavy (non-hydrogen) atoms. The molecule has 186 valence electrons. The number of nitrogens with zero attached hydrogens (tertiary/aromatic N) is 3. The van der Waals surface area contributed by atoms with Crippen LogP contribution < -0.4 is 24.2 Å². The highest BCUT2D eigenvalue weighted by molar-refractivity contribution is 7.93. The number of anilines is 3. The molecule has 2 aromatic heterocycles. The number of aromatic nitrogens is 3. The Morgan fingerprint density at radius 1 is 1.00 bits per heavy atom. The predicted octanol–water partition coefficient (Wildman–Crippen LogP) is 4.48. The number of ether oxygens (including phenoxy) is 3. The van der Waals surface area contributed by atoms with Crippen LogP contribution in [0.5, 0.6) is 17.2 Å². The van der Waals surface area contributed by atoms with Crippen LogP contribution >= 0.6 is 0 Å². The lowest BCUT2D eigenvalue weighted by atomic mass is 10.2. The molecule has 11 nitrogen and oxygen atoms in total. The molecule has 0 aliphatic heterocycles. The normalized spacial score (nSPS) is 11.6. The SMILES string of the molecule is COc1cc2c(NS(=O)(=O)c3c(OC)cccc3OC)noc2cc1Nc1cc(C)nn1C(C)C. The largest absolute Gasteiger partial charge is 0.495 e. The third kappa shape index (κ3) is 4.56. The minimum absolute atomic E-state index is 0.000811. The Morgan fingerprint density at radius 2 is 1.66 bits per heavy atom. The van der Waals surface area contributed by atoms with Crippen molar-refractivity contribution in [2.75, 3.05) is 31.4 Å². The molecule has 0 bridgehead atoms. The van der Waals surface area contributed by atoms with Crippen LogP contribution in [0.25, 0.3) is 11.0 Å². The zero-order chi connectivity index (χ0) is 25.3. The van der Waals surface area contributed by atoms with E-state index in [-0.39, 0.29) is 28.3 Å². The zero-order valence-corrected chi connectivity index (χ0v) is 21.1. The third-order valence-electron chi connectivity index (χ3n) is 5.28. The van der Waals surface area contributed by atoms with E-state index >= 15 is 0 Å². The maximum absolute atomic E-state index is 13.3. The van der Waals surface area contributed by atoms with Gasteiger partial charge in [0, 0.05) is 18.2 Å². The van der Waals surface area contributed by atoms with Crippen molar-refractivity contribution in [3.8, 4) is 17.2 Å². The Bertz CT molecular complexity index is 1450. The summed E-state index contributed by atoms with van der Waals surface area (Å²) in [6.45, 7) is 5.98. The highest BCUT2D eigenvalue weighted by Crippen LogP contribution is 2.38. The molecule has 0 fully saturated rings. The maximum Gasteiger partial charge on any atom is 0.270 e. The first-order valence-corrected chi connectivity index (χ1v) is 12.2. The van der Waals surface area contributed by atoms with Gasteiger partial charge in [0.05, 0.1) is 38.1 Å². The van der Waals surface area contributed by atoms with Crippen molar-refractivity contribution >= 4 is 38.3 Å². The van der Waals surface area contributed by atoms with E-state index in [1.165, 1.54) is 33.5 Å². The molecule has 2 N–H and O–H groups in total. The molecule has 12 heteroatoms. The van der Waals surface area contributed by atoms with Gasteiger partial charge in [0.2, 0.25) is 0 Å². The first-order valence-electron chi connectivity index (χ1n) is 10.7. The lowest BCUT2D eigenvalue weighted by Gasteiger charge is -2.15. The minimum atomic E-state index is -4.14. The standard InChI is InChI=1S/C23H27N5O6S/c1-13(2)28-21(10-14(3)25-28)24-16-12-19-15(11-20(16)33-6)23(26-34-19)27-35(29,30)22-17(31-4)8-7-9-18(22)32-5/h7-13,24H,1-6H3,(H,26,27). The van der Waals surface area contributed by atoms with Gasteiger partial charge in [-0.3, -0.25) is 4.72 Å².